The fourth-order valence-corrected chi connectivity index (χ4v) is 2.07. The topological polar surface area (TPSA) is 119 Å². The van der Waals surface area contributed by atoms with Crippen LogP contribution in [0, 0.1) is 10.1 Å². The van der Waals surface area contributed by atoms with Gasteiger partial charge in [0, 0.05) is 37.0 Å². The number of nitrogens with zero attached hydrogens (tertiary/aromatic N) is 2. The van der Waals surface area contributed by atoms with Crippen molar-refractivity contribution >= 4 is 28.9 Å². The van der Waals surface area contributed by atoms with Crippen LogP contribution in [0.25, 0.3) is 0 Å². The summed E-state index contributed by atoms with van der Waals surface area (Å²) in [6, 6.07) is 3.47. The van der Waals surface area contributed by atoms with Crippen molar-refractivity contribution in [2.75, 3.05) is 18.1 Å². The molecule has 1 atom stereocenters. The van der Waals surface area contributed by atoms with Crippen LogP contribution in [0.1, 0.15) is 12.8 Å². The Kier molecular flexibility index (Phi) is 3.55. The highest BCUT2D eigenvalue weighted by Gasteiger charge is 2.31. The summed E-state index contributed by atoms with van der Waals surface area (Å²) in [5.74, 6) is -0.585. The number of non-ortho nitro benzene ring substituents is 1. The molecular weight excluding hydrogens is 264 g/mol. The van der Waals surface area contributed by atoms with Crippen LogP contribution in [-0.2, 0) is 9.59 Å². The van der Waals surface area contributed by atoms with Crippen molar-refractivity contribution in [2.45, 2.75) is 18.9 Å². The molecule has 20 heavy (non-hydrogen) atoms. The van der Waals surface area contributed by atoms with Gasteiger partial charge in [0.05, 0.1) is 4.92 Å². The molecule has 1 heterocycles. The number of nitro benzene ring substituents is 1. The lowest BCUT2D eigenvalue weighted by Crippen LogP contribution is -2.48. The van der Waals surface area contributed by atoms with E-state index in [0.29, 0.717) is 12.1 Å². The van der Waals surface area contributed by atoms with E-state index in [-0.39, 0.29) is 29.6 Å². The van der Waals surface area contributed by atoms with E-state index in [1.807, 2.05) is 0 Å². The van der Waals surface area contributed by atoms with E-state index in [1.165, 1.54) is 25.2 Å². The zero-order valence-electron chi connectivity index (χ0n) is 10.8. The number of piperidine rings is 1. The van der Waals surface area contributed by atoms with Crippen molar-refractivity contribution < 1.29 is 14.5 Å². The first-order valence-corrected chi connectivity index (χ1v) is 6.00. The van der Waals surface area contributed by atoms with Crippen LogP contribution in [0.2, 0.25) is 0 Å². The number of benzene rings is 1. The van der Waals surface area contributed by atoms with Crippen molar-refractivity contribution in [1.82, 2.24) is 4.90 Å². The molecule has 1 aromatic rings. The van der Waals surface area contributed by atoms with Crippen molar-refractivity contribution in [3.05, 3.63) is 28.3 Å². The van der Waals surface area contributed by atoms with Crippen molar-refractivity contribution in [3.8, 4) is 0 Å². The van der Waals surface area contributed by atoms with Gasteiger partial charge in [0.2, 0.25) is 5.91 Å². The number of rotatable bonds is 3. The third-order valence-corrected chi connectivity index (χ3v) is 3.14. The number of nitrogen functional groups attached to an aromatic ring is 1. The van der Waals surface area contributed by atoms with Gasteiger partial charge in [-0.05, 0) is 12.5 Å². The molecule has 0 spiro atoms. The van der Waals surface area contributed by atoms with E-state index in [9.17, 15) is 19.7 Å². The minimum atomic E-state index is -0.584. The van der Waals surface area contributed by atoms with Crippen LogP contribution in [0.4, 0.5) is 17.1 Å². The average Bonchev–Trinajstić information content (AvgIpc) is 2.39. The number of imide groups is 1. The van der Waals surface area contributed by atoms with E-state index >= 15 is 0 Å². The summed E-state index contributed by atoms with van der Waals surface area (Å²) in [6.07, 6.45) is 0.606. The number of amides is 2. The second-order valence-electron chi connectivity index (χ2n) is 4.60. The number of hydrogen-bond donors (Lipinski definition) is 2. The minimum absolute atomic E-state index is 0.153. The lowest BCUT2D eigenvalue weighted by Gasteiger charge is -2.28. The predicted octanol–water partition coefficient (Wildman–Crippen LogP) is 0.736. The van der Waals surface area contributed by atoms with E-state index in [0.717, 1.165) is 4.90 Å². The van der Waals surface area contributed by atoms with Gasteiger partial charge in [-0.25, -0.2) is 0 Å². The zero-order chi connectivity index (χ0) is 14.9. The molecule has 106 valence electrons. The van der Waals surface area contributed by atoms with Gasteiger partial charge in [-0.15, -0.1) is 0 Å². The zero-order valence-corrected chi connectivity index (χ0v) is 10.8. The Hall–Kier alpha value is -2.64. The van der Waals surface area contributed by atoms with Crippen LogP contribution >= 0.6 is 0 Å². The normalized spacial score (nSPS) is 19.1. The van der Waals surface area contributed by atoms with E-state index in [2.05, 4.69) is 5.32 Å². The number of nitro groups is 1. The van der Waals surface area contributed by atoms with Gasteiger partial charge >= 0.3 is 0 Å². The van der Waals surface area contributed by atoms with Crippen LogP contribution in [0.15, 0.2) is 18.2 Å². The van der Waals surface area contributed by atoms with Gasteiger partial charge in [0.1, 0.15) is 6.04 Å². The summed E-state index contributed by atoms with van der Waals surface area (Å²) in [7, 11) is 1.42. The molecule has 0 radical (unpaired) electrons. The van der Waals surface area contributed by atoms with Crippen LogP contribution in [-0.4, -0.2) is 34.7 Å². The third kappa shape index (κ3) is 2.68. The second-order valence-corrected chi connectivity index (χ2v) is 4.60. The number of carbonyl (C=O) groups is 2. The summed E-state index contributed by atoms with van der Waals surface area (Å²) < 4.78 is 0. The minimum Gasteiger partial charge on any atom is -0.398 e. The Morgan fingerprint density at radius 3 is 2.75 bits per heavy atom. The number of hydrogen-bond acceptors (Lipinski definition) is 6. The summed E-state index contributed by atoms with van der Waals surface area (Å²) in [6.45, 7) is 0. The summed E-state index contributed by atoms with van der Waals surface area (Å²) >= 11 is 0. The van der Waals surface area contributed by atoms with Crippen molar-refractivity contribution in [3.63, 3.8) is 0 Å². The Labute approximate surface area is 114 Å². The summed E-state index contributed by atoms with van der Waals surface area (Å²) in [5, 5.41) is 13.6. The van der Waals surface area contributed by atoms with Gasteiger partial charge in [-0.2, -0.15) is 0 Å². The monoisotopic (exact) mass is 278 g/mol. The van der Waals surface area contributed by atoms with Crippen LogP contribution < -0.4 is 11.1 Å². The first-order valence-electron chi connectivity index (χ1n) is 6.00. The average molecular weight is 278 g/mol. The third-order valence-electron chi connectivity index (χ3n) is 3.14. The molecule has 1 unspecified atom stereocenters. The number of anilines is 2. The maximum atomic E-state index is 11.9. The molecule has 0 saturated carbocycles. The lowest BCUT2D eigenvalue weighted by molar-refractivity contribution is -0.384. The maximum Gasteiger partial charge on any atom is 0.273 e. The van der Waals surface area contributed by atoms with Crippen molar-refractivity contribution in [2.24, 2.45) is 0 Å². The Balaban J connectivity index is 2.20. The molecule has 0 aliphatic carbocycles. The van der Waals surface area contributed by atoms with Gasteiger partial charge in [0.25, 0.3) is 11.6 Å². The molecule has 2 amide bonds. The maximum absolute atomic E-state index is 11.9. The molecule has 1 aromatic carbocycles. The number of likely N-dealkylation sites (N-methyl/N-ethyl adjacent to an activating group) is 1. The molecule has 1 fully saturated rings. The van der Waals surface area contributed by atoms with Crippen LogP contribution in [0.5, 0.6) is 0 Å². The first-order chi connectivity index (χ1) is 9.38. The molecule has 0 bridgehead atoms. The number of nitrogens with one attached hydrogen (secondary N) is 1. The van der Waals surface area contributed by atoms with Gasteiger partial charge < -0.3 is 11.1 Å². The standard InChI is InChI=1S/C12H14N4O4/c1-15-11(17)3-2-10(12(15)18)14-8-4-7(13)5-9(6-8)16(19)20/h4-6,10,14H,2-3,13H2,1H3. The van der Waals surface area contributed by atoms with E-state index < -0.39 is 11.0 Å². The number of carbonyl (C=O) groups excluding carboxylic acids is 2. The molecule has 1 saturated heterocycles. The van der Waals surface area contributed by atoms with Crippen LogP contribution in [0.3, 0.4) is 0 Å². The molecular formula is C12H14N4O4. The van der Waals surface area contributed by atoms with Gasteiger partial charge in [-0.3, -0.25) is 24.6 Å². The first kappa shape index (κ1) is 13.8. The molecule has 2 rings (SSSR count). The smallest absolute Gasteiger partial charge is 0.273 e. The van der Waals surface area contributed by atoms with Gasteiger partial charge in [-0.1, -0.05) is 0 Å². The second kappa shape index (κ2) is 5.16. The SMILES string of the molecule is CN1C(=O)CCC(Nc2cc(N)cc([N+](=O)[O-])c2)C1=O. The quantitative estimate of drug-likeness (QED) is 0.364. The molecule has 3 N–H and O–H groups in total. The Morgan fingerprint density at radius 1 is 1.40 bits per heavy atom. The number of nitrogens with two attached hydrogens (primary N) is 1. The largest absolute Gasteiger partial charge is 0.398 e. The van der Waals surface area contributed by atoms with E-state index in [1.54, 1.807) is 0 Å². The highest BCUT2D eigenvalue weighted by molar-refractivity contribution is 6.01. The Bertz CT molecular complexity index is 587. The lowest BCUT2D eigenvalue weighted by atomic mass is 10.0. The van der Waals surface area contributed by atoms with Crippen molar-refractivity contribution in [1.29, 1.82) is 0 Å². The molecule has 0 aromatic heterocycles. The fourth-order valence-electron chi connectivity index (χ4n) is 2.07. The Morgan fingerprint density at radius 2 is 2.10 bits per heavy atom. The number of likely N-dealkylation sites (tertiary alicyclic amines) is 1. The van der Waals surface area contributed by atoms with E-state index in [4.69, 9.17) is 5.73 Å². The highest BCUT2D eigenvalue weighted by atomic mass is 16.6. The highest BCUT2D eigenvalue weighted by Crippen LogP contribution is 2.24. The molecule has 1 aliphatic rings. The summed E-state index contributed by atoms with van der Waals surface area (Å²) in [4.78, 5) is 34.6. The fraction of sp³-hybridized carbons (Fsp3) is 0.333. The molecule has 8 heteroatoms. The predicted molar refractivity (Wildman–Crippen MR) is 71.9 cm³/mol. The molecule has 8 nitrogen and oxygen atoms in total. The van der Waals surface area contributed by atoms with Gasteiger partial charge in [0.15, 0.2) is 0 Å². The molecule has 1 aliphatic heterocycles. The summed E-state index contributed by atoms with van der Waals surface area (Å²) in [5.41, 5.74) is 6.06.